The number of aromatic nitrogens is 5. The van der Waals surface area contributed by atoms with Crippen LogP contribution >= 0.6 is 0 Å². The summed E-state index contributed by atoms with van der Waals surface area (Å²) in [4.78, 5) is 27.9. The van der Waals surface area contributed by atoms with Crippen LogP contribution in [0.25, 0.3) is 5.69 Å². The molecule has 172 valence electrons. The molecule has 33 heavy (non-hydrogen) atoms. The molecule has 1 aromatic carbocycles. The molecular weight excluding hydrogens is 423 g/mol. The first-order valence-corrected chi connectivity index (χ1v) is 11.0. The van der Waals surface area contributed by atoms with E-state index >= 15 is 0 Å². The monoisotopic (exact) mass is 450 g/mol. The van der Waals surface area contributed by atoms with Gasteiger partial charge in [-0.25, -0.2) is 14.4 Å². The lowest BCUT2D eigenvalue weighted by molar-refractivity contribution is 0.0777. The minimum atomic E-state index is -0.571. The average molecular weight is 451 g/mol. The van der Waals surface area contributed by atoms with E-state index in [1.165, 1.54) is 23.3 Å². The van der Waals surface area contributed by atoms with Gasteiger partial charge in [0.25, 0.3) is 5.91 Å². The van der Waals surface area contributed by atoms with Gasteiger partial charge in [0.2, 0.25) is 5.95 Å². The molecule has 0 spiro atoms. The van der Waals surface area contributed by atoms with Crippen LogP contribution in [-0.2, 0) is 5.54 Å². The van der Waals surface area contributed by atoms with Gasteiger partial charge in [0.15, 0.2) is 0 Å². The van der Waals surface area contributed by atoms with E-state index in [9.17, 15) is 9.18 Å². The molecule has 2 aromatic heterocycles. The molecule has 0 saturated carbocycles. The average Bonchev–Trinajstić information content (AvgIpc) is 3.48. The Kier molecular flexibility index (Phi) is 5.12. The second-order valence-electron chi connectivity index (χ2n) is 9.50. The number of aryl methyl sites for hydroxylation is 1. The minimum absolute atomic E-state index is 0.00219. The number of carbonyl (C=O) groups is 1. The van der Waals surface area contributed by atoms with Crippen LogP contribution in [0.2, 0.25) is 0 Å². The molecule has 2 aliphatic heterocycles. The Morgan fingerprint density at radius 2 is 1.76 bits per heavy atom. The highest BCUT2D eigenvalue weighted by Gasteiger charge is 2.43. The third-order valence-electron chi connectivity index (χ3n) is 6.40. The number of likely N-dealkylation sites (tertiary alicyclic amines) is 1. The molecule has 2 aliphatic rings. The standard InChI is InChI=1S/C23H27FN8O/c1-14-9-19(23(2,3)25)29-22(28-14)31-12-15-10-30(11-16(15)13-31)21(33)20-17(24)5-4-6-18(20)32-26-7-8-27-32/h4-9,15-16H,10-13,25H2,1-3H3/t15-,16+. The first kappa shape index (κ1) is 21.4. The summed E-state index contributed by atoms with van der Waals surface area (Å²) in [5, 5.41) is 8.14. The van der Waals surface area contributed by atoms with Crippen molar-refractivity contribution in [1.29, 1.82) is 0 Å². The number of hydrogen-bond acceptors (Lipinski definition) is 7. The molecule has 4 heterocycles. The zero-order chi connectivity index (χ0) is 23.3. The van der Waals surface area contributed by atoms with Crippen molar-refractivity contribution in [1.82, 2.24) is 29.9 Å². The zero-order valence-corrected chi connectivity index (χ0v) is 18.9. The van der Waals surface area contributed by atoms with Gasteiger partial charge in [-0.2, -0.15) is 15.0 Å². The lowest BCUT2D eigenvalue weighted by Gasteiger charge is -2.25. The van der Waals surface area contributed by atoms with Crippen LogP contribution in [0, 0.1) is 24.6 Å². The number of halogens is 1. The molecule has 2 atom stereocenters. The van der Waals surface area contributed by atoms with E-state index in [-0.39, 0.29) is 23.3 Å². The van der Waals surface area contributed by atoms with Crippen molar-refractivity contribution < 1.29 is 9.18 Å². The van der Waals surface area contributed by atoms with Crippen LogP contribution in [0.1, 0.15) is 35.6 Å². The summed E-state index contributed by atoms with van der Waals surface area (Å²) < 4.78 is 14.7. The maximum Gasteiger partial charge on any atom is 0.259 e. The van der Waals surface area contributed by atoms with E-state index in [0.29, 0.717) is 24.7 Å². The van der Waals surface area contributed by atoms with Crippen LogP contribution in [0.4, 0.5) is 10.3 Å². The largest absolute Gasteiger partial charge is 0.340 e. The van der Waals surface area contributed by atoms with E-state index in [1.807, 2.05) is 26.8 Å². The number of nitrogens with zero attached hydrogens (tertiary/aromatic N) is 7. The van der Waals surface area contributed by atoms with Gasteiger partial charge < -0.3 is 15.5 Å². The predicted octanol–water partition coefficient (Wildman–Crippen LogP) is 1.91. The highest BCUT2D eigenvalue weighted by Crippen LogP contribution is 2.34. The van der Waals surface area contributed by atoms with E-state index in [2.05, 4.69) is 20.1 Å². The first-order chi connectivity index (χ1) is 15.7. The van der Waals surface area contributed by atoms with Crippen molar-refractivity contribution >= 4 is 11.9 Å². The summed E-state index contributed by atoms with van der Waals surface area (Å²) in [5.74, 6) is 0.312. The summed E-state index contributed by atoms with van der Waals surface area (Å²) in [6.45, 7) is 8.40. The number of amides is 1. The Bertz CT molecular complexity index is 1180. The number of rotatable bonds is 4. The topological polar surface area (TPSA) is 106 Å². The molecule has 2 saturated heterocycles. The van der Waals surface area contributed by atoms with Crippen LogP contribution in [-0.4, -0.2) is 61.9 Å². The van der Waals surface area contributed by atoms with Gasteiger partial charge >= 0.3 is 0 Å². The van der Waals surface area contributed by atoms with Gasteiger partial charge in [-0.1, -0.05) is 6.07 Å². The molecule has 5 rings (SSSR count). The van der Waals surface area contributed by atoms with Gasteiger partial charge in [-0.15, -0.1) is 0 Å². The molecule has 10 heteroatoms. The van der Waals surface area contributed by atoms with Crippen molar-refractivity contribution in [2.45, 2.75) is 26.3 Å². The number of anilines is 1. The number of nitrogens with two attached hydrogens (primary N) is 1. The highest BCUT2D eigenvalue weighted by molar-refractivity contribution is 5.98. The van der Waals surface area contributed by atoms with Crippen molar-refractivity contribution in [3.8, 4) is 5.69 Å². The smallest absolute Gasteiger partial charge is 0.259 e. The molecule has 0 radical (unpaired) electrons. The molecule has 2 N–H and O–H groups in total. The molecule has 2 fully saturated rings. The summed E-state index contributed by atoms with van der Waals surface area (Å²) in [6, 6.07) is 6.42. The van der Waals surface area contributed by atoms with E-state index < -0.39 is 11.4 Å². The summed E-state index contributed by atoms with van der Waals surface area (Å²) >= 11 is 0. The number of fused-ring (bicyclic) bond motifs is 1. The second kappa shape index (κ2) is 7.87. The van der Waals surface area contributed by atoms with Gasteiger partial charge in [0.05, 0.1) is 23.6 Å². The third kappa shape index (κ3) is 3.95. The Morgan fingerprint density at radius 1 is 1.09 bits per heavy atom. The molecule has 0 unspecified atom stereocenters. The van der Waals surface area contributed by atoms with Crippen molar-refractivity contribution in [3.05, 3.63) is 59.4 Å². The van der Waals surface area contributed by atoms with Crippen molar-refractivity contribution in [2.75, 3.05) is 31.1 Å². The van der Waals surface area contributed by atoms with E-state index in [0.717, 1.165) is 24.5 Å². The van der Waals surface area contributed by atoms with Crippen LogP contribution < -0.4 is 10.6 Å². The van der Waals surface area contributed by atoms with E-state index in [4.69, 9.17) is 10.7 Å². The predicted molar refractivity (Wildman–Crippen MR) is 120 cm³/mol. The Labute approximate surface area is 191 Å². The number of hydrogen-bond donors (Lipinski definition) is 1. The highest BCUT2D eigenvalue weighted by atomic mass is 19.1. The summed E-state index contributed by atoms with van der Waals surface area (Å²) in [7, 11) is 0. The molecule has 0 aliphatic carbocycles. The Morgan fingerprint density at radius 3 is 2.39 bits per heavy atom. The zero-order valence-electron chi connectivity index (χ0n) is 18.9. The minimum Gasteiger partial charge on any atom is -0.340 e. The van der Waals surface area contributed by atoms with Gasteiger partial charge in [-0.3, -0.25) is 4.79 Å². The van der Waals surface area contributed by atoms with Crippen molar-refractivity contribution in [2.24, 2.45) is 17.6 Å². The molecular formula is C23H27FN8O. The number of carbonyl (C=O) groups excluding carboxylic acids is 1. The summed E-state index contributed by atoms with van der Waals surface area (Å²) in [6.07, 6.45) is 3.00. The third-order valence-corrected chi connectivity index (χ3v) is 6.40. The van der Waals surface area contributed by atoms with Crippen LogP contribution in [0.5, 0.6) is 0 Å². The van der Waals surface area contributed by atoms with Crippen LogP contribution in [0.15, 0.2) is 36.7 Å². The number of benzene rings is 1. The second-order valence-corrected chi connectivity index (χ2v) is 9.50. The van der Waals surface area contributed by atoms with Crippen LogP contribution in [0.3, 0.4) is 0 Å². The fraction of sp³-hybridized carbons (Fsp3) is 0.435. The summed E-state index contributed by atoms with van der Waals surface area (Å²) in [5.41, 5.74) is 7.73. The fourth-order valence-corrected chi connectivity index (χ4v) is 4.74. The van der Waals surface area contributed by atoms with Gasteiger partial charge in [-0.05, 0) is 39.0 Å². The fourth-order valence-electron chi connectivity index (χ4n) is 4.74. The Balaban J connectivity index is 1.34. The Hall–Kier alpha value is -3.40. The maximum atomic E-state index is 14.7. The lowest BCUT2D eigenvalue weighted by atomic mass is 10.0. The van der Waals surface area contributed by atoms with Gasteiger partial charge in [0.1, 0.15) is 17.1 Å². The molecule has 1 amide bonds. The maximum absolute atomic E-state index is 14.7. The molecule has 9 nitrogen and oxygen atoms in total. The van der Waals surface area contributed by atoms with Gasteiger partial charge in [0, 0.05) is 43.7 Å². The normalized spacial score (nSPS) is 20.4. The van der Waals surface area contributed by atoms with E-state index in [1.54, 1.807) is 17.0 Å². The lowest BCUT2D eigenvalue weighted by Crippen LogP contribution is -2.35. The first-order valence-electron chi connectivity index (χ1n) is 11.0. The quantitative estimate of drug-likeness (QED) is 0.647. The van der Waals surface area contributed by atoms with Crippen molar-refractivity contribution in [3.63, 3.8) is 0 Å². The molecule has 0 bridgehead atoms. The molecule has 3 aromatic rings. The SMILES string of the molecule is Cc1cc(C(C)(C)N)nc(N2C[C@H]3CN(C(=O)c4c(F)cccc4-n4nccn4)C[C@H]3C2)n1.